The van der Waals surface area contributed by atoms with Gasteiger partial charge in [-0.3, -0.25) is 9.08 Å². The molecule has 1 saturated heterocycles. The van der Waals surface area contributed by atoms with Gasteiger partial charge in [0.1, 0.15) is 22.6 Å². The number of amides is 1. The number of benzene rings is 1. The number of ether oxygens (including phenoxy) is 1. The summed E-state index contributed by atoms with van der Waals surface area (Å²) in [7, 11) is 0. The van der Waals surface area contributed by atoms with Crippen LogP contribution in [0.15, 0.2) is 55.1 Å². The van der Waals surface area contributed by atoms with E-state index in [0.29, 0.717) is 28.3 Å². The molecule has 0 radical (unpaired) electrons. The van der Waals surface area contributed by atoms with Gasteiger partial charge in [-0.05, 0) is 32.9 Å². The Bertz CT molecular complexity index is 1540. The lowest BCUT2D eigenvalue weighted by atomic mass is 9.87. The van der Waals surface area contributed by atoms with Crippen LogP contribution >= 0.6 is 0 Å². The molecule has 9 nitrogen and oxygen atoms in total. The van der Waals surface area contributed by atoms with E-state index in [2.05, 4.69) is 16.2 Å². The predicted octanol–water partition coefficient (Wildman–Crippen LogP) is 5.14. The summed E-state index contributed by atoms with van der Waals surface area (Å²) in [6.45, 7) is 5.88. The average Bonchev–Trinajstić information content (AvgIpc) is 3.49. The lowest BCUT2D eigenvalue weighted by Crippen LogP contribution is -2.64. The van der Waals surface area contributed by atoms with Crippen molar-refractivity contribution in [2.45, 2.75) is 44.5 Å². The number of aromatic nitrogens is 5. The molecule has 0 unspecified atom stereocenters. The first-order chi connectivity index (χ1) is 17.9. The van der Waals surface area contributed by atoms with E-state index < -0.39 is 29.0 Å². The number of fused-ring (bicyclic) bond motifs is 1. The summed E-state index contributed by atoms with van der Waals surface area (Å²) in [4.78, 5) is 23.0. The molecule has 12 heteroatoms. The molecule has 1 aromatic carbocycles. The van der Waals surface area contributed by atoms with Crippen molar-refractivity contribution >= 4 is 11.7 Å². The predicted molar refractivity (Wildman–Crippen MR) is 131 cm³/mol. The van der Waals surface area contributed by atoms with E-state index in [4.69, 9.17) is 9.72 Å². The molecule has 1 aliphatic rings. The Morgan fingerprint density at radius 2 is 1.87 bits per heavy atom. The fraction of sp³-hybridized carbons (Fsp3) is 0.346. The van der Waals surface area contributed by atoms with Crippen molar-refractivity contribution in [1.82, 2.24) is 29.0 Å². The van der Waals surface area contributed by atoms with Gasteiger partial charge in [-0.2, -0.15) is 23.5 Å². The summed E-state index contributed by atoms with van der Waals surface area (Å²) in [5, 5.41) is 14.0. The highest BCUT2D eigenvalue weighted by Gasteiger charge is 2.49. The summed E-state index contributed by atoms with van der Waals surface area (Å²) < 4.78 is 47.9. The first-order valence-electron chi connectivity index (χ1n) is 11.8. The quantitative estimate of drug-likeness (QED) is 0.367. The number of rotatable bonds is 4. The van der Waals surface area contributed by atoms with Gasteiger partial charge in [-0.25, -0.2) is 14.8 Å². The number of imidazole rings is 1. The molecular weight excluding hydrogens is 499 g/mol. The highest BCUT2D eigenvalue weighted by molar-refractivity contribution is 5.70. The second-order valence-corrected chi connectivity index (χ2v) is 10.3. The molecule has 0 spiro atoms. The van der Waals surface area contributed by atoms with Crippen LogP contribution in [0.2, 0.25) is 0 Å². The fourth-order valence-electron chi connectivity index (χ4n) is 4.41. The molecule has 0 aliphatic carbocycles. The van der Waals surface area contributed by atoms with Crippen LogP contribution in [0, 0.1) is 11.3 Å². The summed E-state index contributed by atoms with van der Waals surface area (Å²) in [5.74, 6) is 0.483. The fourth-order valence-corrected chi connectivity index (χ4v) is 4.41. The second-order valence-electron chi connectivity index (χ2n) is 10.3. The van der Waals surface area contributed by atoms with E-state index in [9.17, 15) is 23.2 Å². The summed E-state index contributed by atoms with van der Waals surface area (Å²) in [6.07, 6.45) is 1.93. The number of nitriles is 1. The maximum absolute atomic E-state index is 13.0. The van der Waals surface area contributed by atoms with Crippen LogP contribution in [0.25, 0.3) is 28.3 Å². The number of carbonyl (C=O) groups is 1. The van der Waals surface area contributed by atoms with E-state index >= 15 is 0 Å². The van der Waals surface area contributed by atoms with Crippen molar-refractivity contribution in [2.75, 3.05) is 13.1 Å². The normalized spacial score (nSPS) is 15.2. The Hall–Kier alpha value is -4.40. The van der Waals surface area contributed by atoms with Crippen molar-refractivity contribution in [3.8, 4) is 28.7 Å². The average molecular weight is 524 g/mol. The van der Waals surface area contributed by atoms with Gasteiger partial charge in [0.25, 0.3) is 0 Å². The van der Waals surface area contributed by atoms with E-state index in [0.717, 1.165) is 12.1 Å². The minimum absolute atomic E-state index is 0.132. The van der Waals surface area contributed by atoms with E-state index in [1.807, 2.05) is 0 Å². The molecule has 1 amide bonds. The third kappa shape index (κ3) is 4.67. The first kappa shape index (κ1) is 25.3. The zero-order chi connectivity index (χ0) is 27.3. The summed E-state index contributed by atoms with van der Waals surface area (Å²) in [6, 6.07) is 8.66. The van der Waals surface area contributed by atoms with Crippen LogP contribution in [0.5, 0.6) is 0 Å². The SMILES string of the molecule is CC(C)(C)OC(=O)N1CC(CC#N)(n2cc(-c3nc(-c4ccc(C(F)(F)F)cc4)cc4nccn34)cn2)C1. The number of nitrogens with zero attached hydrogens (tertiary/aromatic N) is 7. The van der Waals surface area contributed by atoms with Crippen LogP contribution < -0.4 is 0 Å². The van der Waals surface area contributed by atoms with Crippen LogP contribution in [0.3, 0.4) is 0 Å². The van der Waals surface area contributed by atoms with Crippen molar-refractivity contribution < 1.29 is 22.7 Å². The lowest BCUT2D eigenvalue weighted by molar-refractivity contribution is -0.137. The molecule has 0 atom stereocenters. The number of halogens is 3. The Labute approximate surface area is 216 Å². The number of alkyl halides is 3. The van der Waals surface area contributed by atoms with Gasteiger partial charge >= 0.3 is 12.3 Å². The summed E-state index contributed by atoms with van der Waals surface area (Å²) >= 11 is 0. The van der Waals surface area contributed by atoms with Crippen LogP contribution in [0.4, 0.5) is 18.0 Å². The second kappa shape index (κ2) is 8.86. The summed E-state index contributed by atoms with van der Waals surface area (Å²) in [5.41, 5.74) is 0.0378. The third-order valence-corrected chi connectivity index (χ3v) is 6.25. The Kier molecular flexibility index (Phi) is 5.89. The minimum Gasteiger partial charge on any atom is -0.444 e. The van der Waals surface area contributed by atoms with Crippen LogP contribution in [0.1, 0.15) is 32.8 Å². The van der Waals surface area contributed by atoms with Crippen molar-refractivity contribution in [1.29, 1.82) is 5.26 Å². The van der Waals surface area contributed by atoms with E-state index in [1.165, 1.54) is 17.0 Å². The van der Waals surface area contributed by atoms with Gasteiger partial charge in [0.05, 0.1) is 48.6 Å². The zero-order valence-corrected chi connectivity index (χ0v) is 20.9. The van der Waals surface area contributed by atoms with Crippen molar-refractivity contribution in [2.24, 2.45) is 0 Å². The topological polar surface area (TPSA) is 101 Å². The molecule has 4 heterocycles. The van der Waals surface area contributed by atoms with Crippen LogP contribution in [-0.4, -0.2) is 53.8 Å². The molecule has 5 rings (SSSR count). The highest BCUT2D eigenvalue weighted by Crippen LogP contribution is 2.35. The van der Waals surface area contributed by atoms with Crippen molar-refractivity contribution in [3.05, 3.63) is 60.7 Å². The lowest BCUT2D eigenvalue weighted by Gasteiger charge is -2.48. The molecule has 38 heavy (non-hydrogen) atoms. The standard InChI is InChI=1S/C26H24F3N7O2/c1-24(2,3)38-23(37)34-15-25(16-34,8-9-30)36-14-18(13-32-36)22-33-20(12-21-31-10-11-35(21)22)17-4-6-19(7-5-17)26(27,28)29/h4-7,10-14H,8,15-16H2,1-3H3. The van der Waals surface area contributed by atoms with Gasteiger partial charge in [0.2, 0.25) is 0 Å². The number of hydrogen-bond acceptors (Lipinski definition) is 6. The monoisotopic (exact) mass is 523 g/mol. The third-order valence-electron chi connectivity index (χ3n) is 6.25. The number of likely N-dealkylation sites (tertiary alicyclic amines) is 1. The molecular formula is C26H24F3N7O2. The Morgan fingerprint density at radius 3 is 2.50 bits per heavy atom. The van der Waals surface area contributed by atoms with E-state index in [-0.39, 0.29) is 19.5 Å². The van der Waals surface area contributed by atoms with Gasteiger partial charge in [-0.15, -0.1) is 0 Å². The van der Waals surface area contributed by atoms with Crippen LogP contribution in [-0.2, 0) is 16.5 Å². The number of carbonyl (C=O) groups excluding carboxylic acids is 1. The first-order valence-corrected chi connectivity index (χ1v) is 11.8. The van der Waals surface area contributed by atoms with Gasteiger partial charge < -0.3 is 9.64 Å². The maximum Gasteiger partial charge on any atom is 0.416 e. The largest absolute Gasteiger partial charge is 0.444 e. The van der Waals surface area contributed by atoms with Gasteiger partial charge in [0.15, 0.2) is 0 Å². The minimum atomic E-state index is -4.43. The van der Waals surface area contributed by atoms with Crippen molar-refractivity contribution in [3.63, 3.8) is 0 Å². The molecule has 0 N–H and O–H groups in total. The Balaban J connectivity index is 1.47. The van der Waals surface area contributed by atoms with Gasteiger partial charge in [-0.1, -0.05) is 12.1 Å². The molecule has 3 aromatic heterocycles. The van der Waals surface area contributed by atoms with E-state index in [1.54, 1.807) is 60.7 Å². The molecule has 4 aromatic rings. The number of hydrogen-bond donors (Lipinski definition) is 0. The molecule has 196 valence electrons. The molecule has 0 saturated carbocycles. The smallest absolute Gasteiger partial charge is 0.416 e. The maximum atomic E-state index is 13.0. The highest BCUT2D eigenvalue weighted by atomic mass is 19.4. The van der Waals surface area contributed by atoms with Gasteiger partial charge in [0, 0.05) is 30.2 Å². The molecule has 1 fully saturated rings. The molecule has 1 aliphatic heterocycles. The Morgan fingerprint density at radius 1 is 1.16 bits per heavy atom. The molecule has 0 bridgehead atoms. The zero-order valence-electron chi connectivity index (χ0n) is 20.9.